The topological polar surface area (TPSA) is 113 Å². The summed E-state index contributed by atoms with van der Waals surface area (Å²) in [5.74, 6) is -1.49. The zero-order chi connectivity index (χ0) is 15.4. The molecule has 1 saturated carbocycles. The van der Waals surface area contributed by atoms with Gasteiger partial charge in [0, 0.05) is 0 Å². The van der Waals surface area contributed by atoms with Gasteiger partial charge in [0.1, 0.15) is 0 Å². The van der Waals surface area contributed by atoms with Crippen LogP contribution in [0.25, 0.3) is 0 Å². The van der Waals surface area contributed by atoms with E-state index in [4.69, 9.17) is 5.11 Å². The molecule has 1 aliphatic rings. The van der Waals surface area contributed by atoms with Crippen LogP contribution in [-0.2, 0) is 19.6 Å². The number of hydrogen-bond acceptors (Lipinski definition) is 4. The van der Waals surface area contributed by atoms with Crippen molar-refractivity contribution in [3.63, 3.8) is 0 Å². The molecule has 0 aliphatic heterocycles. The van der Waals surface area contributed by atoms with Crippen LogP contribution >= 0.6 is 0 Å². The fraction of sp³-hybridized carbons (Fsp3) is 0.833. The third-order valence-electron chi connectivity index (χ3n) is 3.41. The molecule has 0 aromatic carbocycles. The molecule has 0 radical (unpaired) electrons. The molecule has 3 N–H and O–H groups in total. The molecule has 0 saturated heterocycles. The maximum atomic E-state index is 12.0. The zero-order valence-corrected chi connectivity index (χ0v) is 12.6. The van der Waals surface area contributed by atoms with Gasteiger partial charge < -0.3 is 10.4 Å². The van der Waals surface area contributed by atoms with E-state index in [0.29, 0.717) is 19.3 Å². The number of nitrogens with one attached hydrogen (secondary N) is 2. The van der Waals surface area contributed by atoms with Crippen LogP contribution in [0.15, 0.2) is 0 Å². The van der Waals surface area contributed by atoms with Gasteiger partial charge in [-0.3, -0.25) is 9.59 Å². The molecule has 0 aromatic rings. The first-order valence-corrected chi connectivity index (χ1v) is 8.39. The molecule has 0 spiro atoms. The van der Waals surface area contributed by atoms with Crippen molar-refractivity contribution in [3.8, 4) is 0 Å². The summed E-state index contributed by atoms with van der Waals surface area (Å²) in [6, 6.07) is -0.905. The average molecular weight is 306 g/mol. The molecule has 116 valence electrons. The molecular formula is C12H22N2O5S. The highest BCUT2D eigenvalue weighted by molar-refractivity contribution is 7.89. The molecule has 0 aromatic heterocycles. The fourth-order valence-corrected chi connectivity index (χ4v) is 3.56. The first-order chi connectivity index (χ1) is 9.20. The number of rotatable bonds is 8. The molecule has 20 heavy (non-hydrogen) atoms. The van der Waals surface area contributed by atoms with Crippen molar-refractivity contribution in [3.05, 3.63) is 0 Å². The van der Waals surface area contributed by atoms with Gasteiger partial charge in [-0.05, 0) is 32.6 Å². The van der Waals surface area contributed by atoms with Crippen molar-refractivity contribution >= 4 is 21.9 Å². The molecule has 0 bridgehead atoms. The average Bonchev–Trinajstić information content (AvgIpc) is 2.24. The Hall–Kier alpha value is -1.15. The Labute approximate surface area is 119 Å². The lowest BCUT2D eigenvalue weighted by molar-refractivity contribution is -0.140. The number of carboxylic acid groups (broad SMARTS) is 1. The van der Waals surface area contributed by atoms with Crippen LogP contribution < -0.4 is 10.0 Å². The fourth-order valence-electron chi connectivity index (χ4n) is 2.26. The first kappa shape index (κ1) is 16.9. The van der Waals surface area contributed by atoms with Crippen LogP contribution in [0.1, 0.15) is 46.0 Å². The van der Waals surface area contributed by atoms with Gasteiger partial charge in [0.15, 0.2) is 0 Å². The lowest BCUT2D eigenvalue weighted by atomic mass is 9.74. The largest absolute Gasteiger partial charge is 0.481 e. The molecule has 1 aliphatic carbocycles. The number of carboxylic acids is 1. The Kier molecular flexibility index (Phi) is 5.52. The second-order valence-corrected chi connectivity index (χ2v) is 7.23. The number of carbonyl (C=O) groups excluding carboxylic acids is 1. The molecule has 1 amide bonds. The number of sulfonamides is 1. The van der Waals surface area contributed by atoms with E-state index in [1.54, 1.807) is 6.92 Å². The van der Waals surface area contributed by atoms with E-state index in [9.17, 15) is 18.0 Å². The molecule has 1 unspecified atom stereocenters. The second-order valence-electron chi connectivity index (χ2n) is 5.35. The Balaban J connectivity index is 2.59. The minimum atomic E-state index is -3.47. The van der Waals surface area contributed by atoms with Gasteiger partial charge in [0.2, 0.25) is 15.9 Å². The normalized spacial score (nSPS) is 18.9. The third-order valence-corrected chi connectivity index (χ3v) is 5.07. The van der Waals surface area contributed by atoms with Crippen LogP contribution in [0.5, 0.6) is 0 Å². The smallest absolute Gasteiger partial charge is 0.305 e. The summed E-state index contributed by atoms with van der Waals surface area (Å²) in [6.45, 7) is 3.19. The lowest BCUT2D eigenvalue weighted by Crippen LogP contribution is -2.58. The number of hydrogen-bond donors (Lipinski definition) is 3. The van der Waals surface area contributed by atoms with Gasteiger partial charge in [-0.25, -0.2) is 13.1 Å². The van der Waals surface area contributed by atoms with Crippen LogP contribution in [0, 0.1) is 0 Å². The third kappa shape index (κ3) is 4.75. The van der Waals surface area contributed by atoms with Crippen molar-refractivity contribution in [2.75, 3.05) is 5.75 Å². The van der Waals surface area contributed by atoms with Gasteiger partial charge in [0.25, 0.3) is 0 Å². The van der Waals surface area contributed by atoms with Crippen molar-refractivity contribution in [1.29, 1.82) is 0 Å². The monoisotopic (exact) mass is 306 g/mol. The molecule has 1 rings (SSSR count). The highest BCUT2D eigenvalue weighted by Crippen LogP contribution is 2.34. The Morgan fingerprint density at radius 1 is 1.35 bits per heavy atom. The van der Waals surface area contributed by atoms with Crippen LogP contribution in [-0.4, -0.2) is 42.7 Å². The molecular weight excluding hydrogens is 284 g/mol. The van der Waals surface area contributed by atoms with E-state index in [1.165, 1.54) is 6.92 Å². The summed E-state index contributed by atoms with van der Waals surface area (Å²) in [4.78, 5) is 22.8. The highest BCUT2D eigenvalue weighted by Gasteiger charge is 2.41. The van der Waals surface area contributed by atoms with Crippen LogP contribution in [0.2, 0.25) is 0 Å². The summed E-state index contributed by atoms with van der Waals surface area (Å²) in [5, 5.41) is 11.5. The SMILES string of the molecule is CCCS(=O)(=O)NC(C)C(=O)NC1(CC(=O)O)CCC1. The Morgan fingerprint density at radius 2 is 1.95 bits per heavy atom. The Bertz CT molecular complexity index is 470. The van der Waals surface area contributed by atoms with E-state index < -0.39 is 33.5 Å². The maximum absolute atomic E-state index is 12.0. The van der Waals surface area contributed by atoms with Gasteiger partial charge in [-0.15, -0.1) is 0 Å². The molecule has 8 heteroatoms. The quantitative estimate of drug-likeness (QED) is 0.593. The Morgan fingerprint density at radius 3 is 2.35 bits per heavy atom. The summed E-state index contributed by atoms with van der Waals surface area (Å²) in [7, 11) is -3.47. The minimum absolute atomic E-state index is 0.0368. The molecule has 7 nitrogen and oxygen atoms in total. The van der Waals surface area contributed by atoms with Gasteiger partial charge in [-0.2, -0.15) is 0 Å². The van der Waals surface area contributed by atoms with E-state index in [1.807, 2.05) is 0 Å². The highest BCUT2D eigenvalue weighted by atomic mass is 32.2. The predicted molar refractivity (Wildman–Crippen MR) is 73.7 cm³/mol. The van der Waals surface area contributed by atoms with Gasteiger partial charge >= 0.3 is 5.97 Å². The standard InChI is InChI=1S/C12H22N2O5S/c1-3-7-20(18,19)14-9(2)11(17)13-12(5-4-6-12)8-10(15)16/h9,14H,3-8H2,1-2H3,(H,13,17)(H,15,16). The lowest BCUT2D eigenvalue weighted by Gasteiger charge is -2.42. The predicted octanol–water partition coefficient (Wildman–Crippen LogP) is 0.218. The van der Waals surface area contributed by atoms with Crippen LogP contribution in [0.3, 0.4) is 0 Å². The number of aliphatic carboxylic acids is 1. The summed E-state index contributed by atoms with van der Waals surface area (Å²) in [5.41, 5.74) is -0.715. The molecule has 1 atom stereocenters. The minimum Gasteiger partial charge on any atom is -0.481 e. The van der Waals surface area contributed by atoms with Gasteiger partial charge in [0.05, 0.1) is 23.8 Å². The summed E-state index contributed by atoms with van der Waals surface area (Å²) in [6.07, 6.45) is 2.42. The van der Waals surface area contributed by atoms with Crippen molar-refractivity contribution < 1.29 is 23.1 Å². The van der Waals surface area contributed by atoms with Crippen molar-refractivity contribution in [1.82, 2.24) is 10.0 Å². The number of amides is 1. The van der Waals surface area contributed by atoms with E-state index in [0.717, 1.165) is 6.42 Å². The van der Waals surface area contributed by atoms with E-state index in [2.05, 4.69) is 10.0 Å². The van der Waals surface area contributed by atoms with E-state index in [-0.39, 0.29) is 12.2 Å². The molecule has 0 heterocycles. The molecule has 1 fully saturated rings. The summed E-state index contributed by atoms with van der Waals surface area (Å²) < 4.78 is 25.5. The van der Waals surface area contributed by atoms with Crippen molar-refractivity contribution in [2.45, 2.75) is 57.5 Å². The number of carbonyl (C=O) groups is 2. The van der Waals surface area contributed by atoms with Crippen molar-refractivity contribution in [2.24, 2.45) is 0 Å². The van der Waals surface area contributed by atoms with E-state index >= 15 is 0 Å². The second kappa shape index (κ2) is 6.53. The van der Waals surface area contributed by atoms with Crippen LogP contribution in [0.4, 0.5) is 0 Å². The maximum Gasteiger partial charge on any atom is 0.305 e. The van der Waals surface area contributed by atoms with Gasteiger partial charge in [-0.1, -0.05) is 6.92 Å². The summed E-state index contributed by atoms with van der Waals surface area (Å²) >= 11 is 0. The zero-order valence-electron chi connectivity index (χ0n) is 11.8. The first-order valence-electron chi connectivity index (χ1n) is 6.73.